The zero-order valence-electron chi connectivity index (χ0n) is 67.7. The predicted molar refractivity (Wildman–Crippen MR) is 468 cm³/mol. The van der Waals surface area contributed by atoms with E-state index in [0.717, 1.165) is 0 Å². The van der Waals surface area contributed by atoms with Gasteiger partial charge in [0, 0.05) is 19.3 Å². The van der Waals surface area contributed by atoms with Crippen LogP contribution < -0.4 is 51.1 Å². The van der Waals surface area contributed by atoms with Gasteiger partial charge in [-0.05, 0) is 70.8 Å². The molecule has 0 aromatic carbocycles. The molecule has 21 N–H and O–H groups in total. The summed E-state index contributed by atoms with van der Waals surface area (Å²) in [6.45, 7) is -26.2. The maximum atomic E-state index is 12.3. The number of fused-ring (bicyclic) bond motifs is 12. The molecule has 720 valence electrons. The maximum Gasteiger partial charge on any atom is 0.325 e. The molecule has 12 aliphatic rings. The minimum Gasteiger partial charge on any atom is -0.382 e. The molecule has 24 rings (SSSR count). The monoisotopic (exact) mass is 2110 g/mol. The van der Waals surface area contributed by atoms with Gasteiger partial charge in [-0.25, -0.2) is 44.9 Å². The first-order valence-corrected chi connectivity index (χ1v) is 55.2. The minimum absolute atomic E-state index is 0.000583. The van der Waals surface area contributed by atoms with Crippen molar-refractivity contribution in [3.05, 3.63) is 69.0 Å². The summed E-state index contributed by atoms with van der Waals surface area (Å²) in [5, 5.41) is 23.6. The number of nitrogens with zero attached hydrogens (tertiary/aromatic N) is 24. The number of H-pyrrole nitrogens is 3. The fourth-order valence-electron chi connectivity index (χ4n) is 17.5. The molecule has 0 aliphatic carbocycles. The van der Waals surface area contributed by atoms with Crippen molar-refractivity contribution in [2.24, 2.45) is 0 Å². The van der Waals surface area contributed by atoms with Crippen molar-refractivity contribution >= 4 is 213 Å². The van der Waals surface area contributed by atoms with Gasteiger partial charge in [0.2, 0.25) is 17.8 Å². The van der Waals surface area contributed by atoms with Gasteiger partial charge in [-0.2, -0.15) is 29.0 Å². The zero-order valence-corrected chi connectivity index (χ0v) is 77.9. The lowest BCUT2D eigenvalue weighted by Crippen LogP contribution is -2.45. The van der Waals surface area contributed by atoms with E-state index in [9.17, 15) is 43.7 Å². The summed E-state index contributed by atoms with van der Waals surface area (Å²) in [6, 6.07) is 0. The molecule has 6 unspecified atom stereocenters. The van der Waals surface area contributed by atoms with Crippen molar-refractivity contribution in [1.29, 1.82) is 0 Å². The Morgan fingerprint density at radius 3 is 0.904 bits per heavy atom. The van der Waals surface area contributed by atoms with Crippen molar-refractivity contribution in [3.8, 4) is 0 Å². The number of aromatic amines is 3. The van der Waals surface area contributed by atoms with Gasteiger partial charge < -0.3 is 147 Å². The second kappa shape index (κ2) is 34.0. The molecule has 0 spiro atoms. The van der Waals surface area contributed by atoms with Crippen LogP contribution >= 0.6 is 40.3 Å². The largest absolute Gasteiger partial charge is 0.382 e. The number of nitrogen functional groups attached to an aromatic ring is 6. The zero-order chi connectivity index (χ0) is 93.9. The van der Waals surface area contributed by atoms with E-state index >= 15 is 0 Å². The van der Waals surface area contributed by atoms with Crippen molar-refractivity contribution < 1.29 is 126 Å². The van der Waals surface area contributed by atoms with Crippen LogP contribution in [0.25, 0.3) is 67.0 Å². The maximum absolute atomic E-state index is 12.3. The minimum atomic E-state index is -4.05. The van der Waals surface area contributed by atoms with E-state index in [1.54, 1.807) is 13.7 Å². The number of hydrogen-bond acceptors (Lipinski definition) is 54. The van der Waals surface area contributed by atoms with Crippen LogP contribution in [0.15, 0.2) is 52.3 Å². The Kier molecular flexibility index (Phi) is 23.2. The molecule has 12 aromatic heterocycles. The van der Waals surface area contributed by atoms with Crippen molar-refractivity contribution in [3.63, 3.8) is 0 Å². The number of anilines is 6. The summed E-state index contributed by atoms with van der Waals surface area (Å²) in [5.41, 5.74) is 30.7. The van der Waals surface area contributed by atoms with Crippen LogP contribution in [0.2, 0.25) is 0 Å². The Morgan fingerprint density at radius 2 is 0.622 bits per heavy atom. The summed E-state index contributed by atoms with van der Waals surface area (Å²) >= 11 is 32.3. The Bertz CT molecular complexity index is 6650. The van der Waals surface area contributed by atoms with E-state index in [1.807, 2.05) is 0 Å². The van der Waals surface area contributed by atoms with Gasteiger partial charge in [0.25, 0.3) is 16.7 Å². The van der Waals surface area contributed by atoms with Gasteiger partial charge >= 0.3 is 40.3 Å². The van der Waals surface area contributed by atoms with Crippen molar-refractivity contribution in [1.82, 2.24) is 133 Å². The van der Waals surface area contributed by atoms with Crippen molar-refractivity contribution in [2.75, 3.05) is 93.9 Å². The van der Waals surface area contributed by atoms with E-state index in [-0.39, 0.29) is 148 Å². The molecule has 0 saturated carbocycles. The number of aromatic nitrogens is 27. The van der Waals surface area contributed by atoms with Crippen LogP contribution in [0.1, 0.15) is 56.6 Å². The summed E-state index contributed by atoms with van der Waals surface area (Å²) in [5.74, 6) is -0.0327. The Balaban J connectivity index is 0.000000118. The Labute approximate surface area is 778 Å². The van der Waals surface area contributed by atoms with Crippen LogP contribution in [0.5, 0.6) is 0 Å². The number of nitrogens with two attached hydrogens (primary N) is 6. The summed E-state index contributed by atoms with van der Waals surface area (Å²) in [7, 11) is 0. The van der Waals surface area contributed by atoms with E-state index in [0.29, 0.717) is 33.5 Å². The quantitative estimate of drug-likeness (QED) is 0.0709. The normalized spacial score (nSPS) is 38.6. The molecule has 12 aromatic rings. The van der Waals surface area contributed by atoms with Gasteiger partial charge in [-0.3, -0.25) is 56.6 Å². The van der Waals surface area contributed by atoms with Gasteiger partial charge in [-0.15, -0.1) is 15.3 Å². The fraction of sp³-hybridized carbons (Fsp3) is 0.550. The molecule has 63 nitrogen and oxygen atoms in total. The van der Waals surface area contributed by atoms with Crippen LogP contribution in [0.4, 0.5) is 35.3 Å². The number of ether oxygens (including phenoxy) is 9. The highest BCUT2D eigenvalue weighted by molar-refractivity contribution is 8.08. The van der Waals surface area contributed by atoms with E-state index in [4.69, 9.17) is 202 Å². The van der Waals surface area contributed by atoms with E-state index in [2.05, 4.69) is 106 Å². The van der Waals surface area contributed by atoms with Gasteiger partial charge in [0.15, 0.2) is 105 Å². The lowest BCUT2D eigenvalue weighted by molar-refractivity contribution is -0.183. The lowest BCUT2D eigenvalue weighted by atomic mass is 10.0. The predicted octanol–water partition coefficient (Wildman–Crippen LogP) is -3.83. The van der Waals surface area contributed by atoms with E-state index < -0.39 is 184 Å². The Hall–Kier alpha value is -7.89. The van der Waals surface area contributed by atoms with E-state index in [1.165, 1.54) is 52.0 Å². The summed E-state index contributed by atoms with van der Waals surface area (Å²) in [6.07, 6.45) is -8.50. The molecule has 75 heteroatoms. The van der Waals surface area contributed by atoms with Crippen LogP contribution in [0.3, 0.4) is 0 Å². The second-order valence-electron chi connectivity index (χ2n) is 31.9. The first-order valence-electron chi connectivity index (χ1n) is 39.7. The molecule has 0 radical (unpaired) electrons. The molecule has 12 saturated heterocycles. The topological polar surface area (TPSA) is 832 Å². The smallest absolute Gasteiger partial charge is 0.325 e. The SMILES string of the molecule is Nc1nc2c(nnn2[C@@H]2O[C@@H]3COP(O)(=S)O[C@H]4[C@H]5OC[C@]4(COP(O)(=S)O[C@@H]2C3)O[C@H]5n2cnc3c(N)ncnc32)c(=O)[nH]1.Nc1nc2c(nnn2[C@@H]2O[C@@H]3COP(O)(=S)O[C@H]4[C@H]5OC[C@]4(COP(O)(=S)O[C@@H]2C3)O[C@H]5n2cnc3c(N)ncnc32)c(=O)[nH]1.Nc1nc2c(nnn2[C@@H]2O[C@@H]3COP(O)(=S)O[C@H]4[C@H]5OC[C@]4(COP(O)(=S)O[C@@H]2C3)O[C@H]5n2cnc3c(N)ncnc32)c(=O)[nH]1. The third-order valence-corrected chi connectivity index (χ3v) is 32.7. The number of nitrogens with one attached hydrogen (secondary N) is 3. The molecule has 12 bridgehead atoms. The average Bonchev–Trinajstić information content (AvgIpc) is 1.56. The molecule has 12 fully saturated rings. The molecular weight excluding hydrogens is 2040 g/mol. The third kappa shape index (κ3) is 16.8. The third-order valence-electron chi connectivity index (χ3n) is 23.4. The molecule has 27 atom stereocenters. The highest BCUT2D eigenvalue weighted by atomic mass is 32.5. The highest BCUT2D eigenvalue weighted by Crippen LogP contribution is 2.63. The highest BCUT2D eigenvalue weighted by Gasteiger charge is 2.69. The molecule has 0 amide bonds. The number of imidazole rings is 3. The number of hydrogen-bond donors (Lipinski definition) is 15. The fourth-order valence-corrected chi connectivity index (χ4v) is 26.3. The first-order chi connectivity index (χ1) is 64.3. The van der Waals surface area contributed by atoms with Crippen molar-refractivity contribution in [2.45, 2.75) is 147 Å². The first kappa shape index (κ1) is 92.2. The molecule has 24 heterocycles. The lowest BCUT2D eigenvalue weighted by Gasteiger charge is -2.33. The average molecular weight is 2110 g/mol. The molecule has 12 aliphatic heterocycles. The van der Waals surface area contributed by atoms with Gasteiger partial charge in [0.05, 0.1) is 96.8 Å². The van der Waals surface area contributed by atoms with Crippen LogP contribution in [-0.2, 0) is 168 Å². The van der Waals surface area contributed by atoms with Crippen LogP contribution in [0, 0.1) is 0 Å². The molecular formula is C60H69N33O30P6S6. The van der Waals surface area contributed by atoms with Gasteiger partial charge in [-0.1, -0.05) is 15.6 Å². The van der Waals surface area contributed by atoms with Gasteiger partial charge in [0.1, 0.15) is 107 Å². The standard InChI is InChI=1S/3C20H23N11O10P2S2/c3*21-13-9-14(24-5-23-13)30(6-25-9)18-11-12-20(39-18,3-35-11)4-37-43(34,45)40-8-1-7(2-36-42(33,44)41-12)38-17(8)31-15-10(28-29-31)16(32)27-19(22)26-15/h3*5-8,11-12,17-18H,1-4H2,(H,33,44)(H,34,45)(H2,21,23,24)(H3,22,26,27,32)/t3*7-,8+,11+,12-,17+,18+,20+,42?,43?/m000/s1. The van der Waals surface area contributed by atoms with Crippen LogP contribution in [-0.4, -0.2) is 312 Å². The summed E-state index contributed by atoms with van der Waals surface area (Å²) < 4.78 is 135. The molecule has 135 heavy (non-hydrogen) atoms. The Morgan fingerprint density at radius 1 is 0.348 bits per heavy atom. The summed E-state index contributed by atoms with van der Waals surface area (Å²) in [4.78, 5) is 161. The number of rotatable bonds is 6. The second-order valence-corrected chi connectivity index (χ2v) is 48.7.